The number of hydrogen-bond acceptors (Lipinski definition) is 8. The molecule has 2 aliphatic rings. The van der Waals surface area contributed by atoms with Gasteiger partial charge >= 0.3 is 0 Å². The molecule has 2 atom stereocenters. The van der Waals surface area contributed by atoms with E-state index in [9.17, 15) is 5.11 Å². The van der Waals surface area contributed by atoms with E-state index in [1.807, 2.05) is 18.5 Å². The first-order valence-corrected chi connectivity index (χ1v) is 10.0. The molecular weight excluding hydrogens is 354 g/mol. The highest BCUT2D eigenvalue weighted by molar-refractivity contribution is 5.50. The number of anilines is 2. The van der Waals surface area contributed by atoms with Crippen LogP contribution in [0, 0.1) is 0 Å². The van der Waals surface area contributed by atoms with Gasteiger partial charge in [0.25, 0.3) is 0 Å². The van der Waals surface area contributed by atoms with Crippen molar-refractivity contribution in [3.63, 3.8) is 0 Å². The lowest BCUT2D eigenvalue weighted by atomic mass is 10.2. The quantitative estimate of drug-likeness (QED) is 0.705. The van der Waals surface area contributed by atoms with Gasteiger partial charge in [0.2, 0.25) is 0 Å². The van der Waals surface area contributed by atoms with Gasteiger partial charge in [-0.15, -0.1) is 0 Å². The molecular formula is C20H29N7O. The summed E-state index contributed by atoms with van der Waals surface area (Å²) in [5, 5.41) is 13.5. The molecule has 1 aliphatic heterocycles. The van der Waals surface area contributed by atoms with E-state index in [0.717, 1.165) is 49.0 Å². The van der Waals surface area contributed by atoms with Crippen molar-refractivity contribution in [3.05, 3.63) is 36.2 Å². The lowest BCUT2D eigenvalue weighted by molar-refractivity contribution is 0.191. The maximum Gasteiger partial charge on any atom is 0.134 e. The second kappa shape index (κ2) is 8.36. The minimum absolute atomic E-state index is 0.259. The van der Waals surface area contributed by atoms with Crippen molar-refractivity contribution in [1.82, 2.24) is 24.8 Å². The van der Waals surface area contributed by atoms with Gasteiger partial charge < -0.3 is 20.2 Å². The van der Waals surface area contributed by atoms with Crippen LogP contribution in [0.5, 0.6) is 0 Å². The Balaban J connectivity index is 1.34. The molecule has 2 aromatic heterocycles. The highest BCUT2D eigenvalue weighted by Gasteiger charge is 2.32. The van der Waals surface area contributed by atoms with Crippen molar-refractivity contribution in [2.75, 3.05) is 43.9 Å². The van der Waals surface area contributed by atoms with Gasteiger partial charge in [-0.3, -0.25) is 0 Å². The zero-order valence-electron chi connectivity index (χ0n) is 16.6. The summed E-state index contributed by atoms with van der Waals surface area (Å²) in [5.41, 5.74) is 1.12. The Hall–Kier alpha value is -2.32. The van der Waals surface area contributed by atoms with Gasteiger partial charge in [0.1, 0.15) is 23.8 Å². The van der Waals surface area contributed by atoms with Crippen molar-refractivity contribution in [1.29, 1.82) is 0 Å². The molecule has 150 valence electrons. The fraction of sp³-hybridized carbons (Fsp3) is 0.600. The summed E-state index contributed by atoms with van der Waals surface area (Å²) >= 11 is 0. The lowest BCUT2D eigenvalue weighted by Gasteiger charge is -2.27. The molecule has 0 spiro atoms. The molecule has 0 radical (unpaired) electrons. The topological polar surface area (TPSA) is 90.3 Å². The van der Waals surface area contributed by atoms with E-state index in [1.54, 1.807) is 6.33 Å². The number of hydrogen-bond donors (Lipinski definition) is 2. The van der Waals surface area contributed by atoms with Gasteiger partial charge in [0, 0.05) is 50.1 Å². The molecule has 3 heterocycles. The molecule has 1 saturated carbocycles. The number of aromatic nitrogens is 4. The van der Waals surface area contributed by atoms with Crippen molar-refractivity contribution < 1.29 is 5.11 Å². The first-order valence-electron chi connectivity index (χ1n) is 10.0. The second-order valence-corrected chi connectivity index (χ2v) is 8.12. The molecule has 2 fully saturated rings. The van der Waals surface area contributed by atoms with Gasteiger partial charge in [0.05, 0.1) is 6.10 Å². The summed E-state index contributed by atoms with van der Waals surface area (Å²) in [6.07, 6.45) is 9.20. The lowest BCUT2D eigenvalue weighted by Crippen LogP contribution is -2.38. The Morgan fingerprint density at radius 1 is 1.18 bits per heavy atom. The zero-order chi connectivity index (χ0) is 19.5. The van der Waals surface area contributed by atoms with Crippen molar-refractivity contribution >= 4 is 11.6 Å². The molecule has 28 heavy (non-hydrogen) atoms. The molecule has 8 heteroatoms. The van der Waals surface area contributed by atoms with Crippen LogP contribution in [-0.2, 0) is 6.42 Å². The first-order chi connectivity index (χ1) is 13.6. The van der Waals surface area contributed by atoms with Crippen molar-refractivity contribution in [2.24, 2.45) is 0 Å². The fourth-order valence-corrected chi connectivity index (χ4v) is 3.75. The average Bonchev–Trinajstić information content (AvgIpc) is 3.46. The van der Waals surface area contributed by atoms with E-state index in [0.29, 0.717) is 12.5 Å². The van der Waals surface area contributed by atoms with Crippen molar-refractivity contribution in [2.45, 2.75) is 43.7 Å². The molecule has 0 bridgehead atoms. The summed E-state index contributed by atoms with van der Waals surface area (Å²) in [7, 11) is 4.10. The summed E-state index contributed by atoms with van der Waals surface area (Å²) in [6.45, 7) is 2.26. The highest BCUT2D eigenvalue weighted by atomic mass is 16.3. The predicted octanol–water partition coefficient (Wildman–Crippen LogP) is 1.30. The third-order valence-corrected chi connectivity index (χ3v) is 5.30. The predicted molar refractivity (Wildman–Crippen MR) is 109 cm³/mol. The number of nitrogens with zero attached hydrogens (tertiary/aromatic N) is 6. The van der Waals surface area contributed by atoms with E-state index in [1.165, 1.54) is 12.8 Å². The normalized spacial score (nSPS) is 22.1. The Morgan fingerprint density at radius 2 is 1.96 bits per heavy atom. The largest absolute Gasteiger partial charge is 0.391 e. The van der Waals surface area contributed by atoms with Crippen LogP contribution >= 0.6 is 0 Å². The van der Waals surface area contributed by atoms with E-state index in [-0.39, 0.29) is 12.1 Å². The van der Waals surface area contributed by atoms with Crippen LogP contribution in [0.1, 0.15) is 36.6 Å². The number of aliphatic hydroxyl groups excluding tert-OH is 1. The molecule has 1 saturated heterocycles. The molecule has 1 aliphatic carbocycles. The van der Waals surface area contributed by atoms with E-state index in [2.05, 4.69) is 49.1 Å². The SMILES string of the molecule is CN(C)C[C@H]1C[C@@H](O)CN1c1cc(NCCc2cnc(C3CC3)nc2)ncn1. The molecule has 2 N–H and O–H groups in total. The Kier molecular flexibility index (Phi) is 5.68. The van der Waals surface area contributed by atoms with E-state index >= 15 is 0 Å². The van der Waals surface area contributed by atoms with Gasteiger partial charge in [-0.25, -0.2) is 19.9 Å². The molecule has 2 aromatic rings. The third-order valence-electron chi connectivity index (χ3n) is 5.30. The van der Waals surface area contributed by atoms with Crippen LogP contribution in [0.4, 0.5) is 11.6 Å². The molecule has 8 nitrogen and oxygen atoms in total. The summed E-state index contributed by atoms with van der Waals surface area (Å²) < 4.78 is 0. The standard InChI is InChI=1S/C20H29N7O/c1-26(2)11-16-7-17(28)12-27(16)19-8-18(24-13-25-19)21-6-5-14-9-22-20(23-10-14)15-3-4-15/h8-10,13,15-17,28H,3-7,11-12H2,1-2H3,(H,21,24,25)/t16-,17-/m1/s1. The second-order valence-electron chi connectivity index (χ2n) is 8.12. The molecule has 0 amide bonds. The Labute approximate surface area is 166 Å². The monoisotopic (exact) mass is 383 g/mol. The van der Waals surface area contributed by atoms with Crippen LogP contribution in [0.15, 0.2) is 24.8 Å². The van der Waals surface area contributed by atoms with E-state index < -0.39 is 0 Å². The van der Waals surface area contributed by atoms with Gasteiger partial charge in [-0.05, 0) is 45.3 Å². The minimum Gasteiger partial charge on any atom is -0.391 e. The minimum atomic E-state index is -0.310. The molecule has 4 rings (SSSR count). The zero-order valence-corrected chi connectivity index (χ0v) is 16.6. The average molecular weight is 384 g/mol. The number of likely N-dealkylation sites (N-methyl/N-ethyl adjacent to an activating group) is 1. The number of β-amino-alcohol motifs (C(OH)–C–C–N with tert-alkyl or cyclic N) is 1. The Bertz CT molecular complexity index is 778. The number of rotatable bonds is 8. The highest BCUT2D eigenvalue weighted by Crippen LogP contribution is 2.37. The van der Waals surface area contributed by atoms with Gasteiger partial charge in [-0.1, -0.05) is 0 Å². The van der Waals surface area contributed by atoms with Crippen LogP contribution in [-0.4, -0.2) is 75.8 Å². The van der Waals surface area contributed by atoms with Crippen molar-refractivity contribution in [3.8, 4) is 0 Å². The van der Waals surface area contributed by atoms with Crippen LogP contribution in [0.3, 0.4) is 0 Å². The van der Waals surface area contributed by atoms with Crippen LogP contribution in [0.25, 0.3) is 0 Å². The number of aliphatic hydroxyl groups is 1. The fourth-order valence-electron chi connectivity index (χ4n) is 3.75. The van der Waals surface area contributed by atoms with Gasteiger partial charge in [-0.2, -0.15) is 0 Å². The summed E-state index contributed by atoms with van der Waals surface area (Å²) in [4.78, 5) is 22.1. The maximum atomic E-state index is 10.1. The van der Waals surface area contributed by atoms with E-state index in [4.69, 9.17) is 0 Å². The van der Waals surface area contributed by atoms with Gasteiger partial charge in [0.15, 0.2) is 0 Å². The molecule has 0 unspecified atom stereocenters. The Morgan fingerprint density at radius 3 is 2.68 bits per heavy atom. The maximum absolute atomic E-state index is 10.1. The van der Waals surface area contributed by atoms with Crippen LogP contribution in [0.2, 0.25) is 0 Å². The third kappa shape index (κ3) is 4.74. The molecule has 0 aromatic carbocycles. The first kappa shape index (κ1) is 19.0. The smallest absolute Gasteiger partial charge is 0.134 e. The number of nitrogens with one attached hydrogen (secondary N) is 1. The summed E-state index contributed by atoms with van der Waals surface area (Å²) in [5.74, 6) is 3.23. The van der Waals surface area contributed by atoms with Crippen LogP contribution < -0.4 is 10.2 Å². The summed E-state index contributed by atoms with van der Waals surface area (Å²) in [6, 6.07) is 2.22.